The summed E-state index contributed by atoms with van der Waals surface area (Å²) >= 11 is 0. The lowest BCUT2D eigenvalue weighted by Gasteiger charge is -2.40. The Labute approximate surface area is 555 Å². The monoisotopic (exact) mass is 1220 g/mol. The molecule has 7 rings (SSSR count). The Hall–Kier alpha value is 0. The van der Waals surface area contributed by atoms with E-state index in [1.807, 2.05) is 0 Å². The zero-order chi connectivity index (χ0) is 60.1. The van der Waals surface area contributed by atoms with Crippen LogP contribution in [0.2, 0.25) is 0 Å². The summed E-state index contributed by atoms with van der Waals surface area (Å²) in [6.45, 7) is 82.8. The number of hydrogen-bond acceptors (Lipinski definition) is 0. The van der Waals surface area contributed by atoms with Crippen molar-refractivity contribution in [2.45, 2.75) is 426 Å². The highest BCUT2D eigenvalue weighted by Crippen LogP contribution is 2.60. The van der Waals surface area contributed by atoms with Crippen molar-refractivity contribution < 1.29 is 0 Å². The van der Waals surface area contributed by atoms with Crippen LogP contribution in [-0.2, 0) is 0 Å². The molecule has 7 saturated carbocycles. The van der Waals surface area contributed by atoms with Gasteiger partial charge in [0, 0.05) is 0 Å². The maximum Gasteiger partial charge on any atom is -0.0297 e. The summed E-state index contributed by atoms with van der Waals surface area (Å²) in [5, 5.41) is 0. The van der Waals surface area contributed by atoms with E-state index in [-0.39, 0.29) is 74.3 Å². The van der Waals surface area contributed by atoms with Crippen molar-refractivity contribution in [2.75, 3.05) is 0 Å². The quantitative estimate of drug-likeness (QED) is 0.216. The van der Waals surface area contributed by atoms with Crippen molar-refractivity contribution in [3.8, 4) is 0 Å². The molecule has 0 bridgehead atoms. The van der Waals surface area contributed by atoms with Crippen molar-refractivity contribution >= 4 is 0 Å². The molecule has 7 aliphatic carbocycles. The van der Waals surface area contributed by atoms with Crippen LogP contribution in [0.25, 0.3) is 0 Å². The molecular formula is C85H196. The molecule has 0 amide bonds. The van der Waals surface area contributed by atoms with Crippen molar-refractivity contribution in [3.63, 3.8) is 0 Å². The Bertz CT molecular complexity index is 1290. The minimum absolute atomic E-state index is 0. The van der Waals surface area contributed by atoms with Gasteiger partial charge in [0.25, 0.3) is 0 Å². The van der Waals surface area contributed by atoms with Crippen LogP contribution in [0, 0.1) is 133 Å². The second-order valence-electron chi connectivity index (χ2n) is 34.9. The minimum atomic E-state index is 0. The first-order chi connectivity index (χ1) is 33.6. The lowest BCUT2D eigenvalue weighted by Crippen LogP contribution is -2.29. The van der Waals surface area contributed by atoms with E-state index in [2.05, 4.69) is 249 Å². The van der Waals surface area contributed by atoms with E-state index >= 15 is 0 Å². The molecule has 0 aliphatic heterocycles. The van der Waals surface area contributed by atoms with E-state index in [1.165, 1.54) is 95.3 Å². The van der Waals surface area contributed by atoms with Gasteiger partial charge in [-0.15, -0.1) is 0 Å². The molecule has 7 fully saturated rings. The van der Waals surface area contributed by atoms with E-state index in [0.717, 1.165) is 88.3 Å². The van der Waals surface area contributed by atoms with Gasteiger partial charge in [0.05, 0.1) is 0 Å². The van der Waals surface area contributed by atoms with Crippen molar-refractivity contribution in [2.24, 2.45) is 133 Å². The molecule has 0 heterocycles. The molecule has 0 heteroatoms. The van der Waals surface area contributed by atoms with Gasteiger partial charge in [0.1, 0.15) is 0 Å². The van der Waals surface area contributed by atoms with E-state index in [9.17, 15) is 0 Å². The van der Waals surface area contributed by atoms with Crippen molar-refractivity contribution in [1.29, 1.82) is 0 Å². The summed E-state index contributed by atoms with van der Waals surface area (Å²) in [6.07, 6.45) is 23.4. The Kier molecular flexibility index (Phi) is 70.1. The van der Waals surface area contributed by atoms with E-state index in [0.29, 0.717) is 32.5 Å². The molecule has 0 radical (unpaired) electrons. The topological polar surface area (TPSA) is 0 Å². The predicted molar refractivity (Wildman–Crippen MR) is 418 cm³/mol. The van der Waals surface area contributed by atoms with Crippen LogP contribution in [0.4, 0.5) is 0 Å². The third-order valence-electron chi connectivity index (χ3n) is 22.4. The predicted octanol–water partition coefficient (Wildman–Crippen LogP) is 33.0. The van der Waals surface area contributed by atoms with Crippen LogP contribution in [0.1, 0.15) is 426 Å². The molecule has 7 aliphatic rings. The zero-order valence-corrected chi connectivity index (χ0v) is 60.1. The molecule has 0 aromatic heterocycles. The SMILES string of the molecule is C.C.C.C.C.C.C.C.C.C.CC(C)(C)C(C)(C)C.CC(C)C(C)C(C)C.CC1(C2CC2)CC1.CC1CC(C)(C)C1.CC1CC(C)C1C.CCC(C)(C)C(C)C.CCC(C)C(C)(C)C.CCC1CC(C)C1.CC[C@@H](C)C(C)(C)C.C[C@H]1CC1C1CC1. The molecule has 0 nitrogen and oxygen atoms in total. The van der Waals surface area contributed by atoms with Gasteiger partial charge in [-0.3, -0.25) is 0 Å². The highest BCUT2D eigenvalue weighted by molar-refractivity contribution is 5.00. The Morgan fingerprint density at radius 2 is 0.741 bits per heavy atom. The number of hydrogen-bond donors (Lipinski definition) is 0. The van der Waals surface area contributed by atoms with Crippen molar-refractivity contribution in [1.82, 2.24) is 0 Å². The highest BCUT2D eigenvalue weighted by atomic mass is 14.5. The van der Waals surface area contributed by atoms with Gasteiger partial charge in [0.2, 0.25) is 0 Å². The summed E-state index contributed by atoms with van der Waals surface area (Å²) in [7, 11) is 0. The summed E-state index contributed by atoms with van der Waals surface area (Å²) in [6, 6.07) is 0. The molecule has 0 spiro atoms. The molecule has 85 heavy (non-hydrogen) atoms. The normalized spacial score (nSPS) is 23.6. The molecule has 0 saturated heterocycles. The summed E-state index contributed by atoms with van der Waals surface area (Å²) in [5.41, 5.74) is 3.99. The van der Waals surface area contributed by atoms with Gasteiger partial charge in [-0.1, -0.05) is 349 Å². The Morgan fingerprint density at radius 1 is 0.424 bits per heavy atom. The first-order valence-electron chi connectivity index (χ1n) is 33.6. The first-order valence-corrected chi connectivity index (χ1v) is 33.6. The fourth-order valence-corrected chi connectivity index (χ4v) is 9.93. The largest absolute Gasteiger partial charge is 0.0776 e. The lowest BCUT2D eigenvalue weighted by atomic mass is 9.65. The third-order valence-corrected chi connectivity index (χ3v) is 22.4. The van der Waals surface area contributed by atoms with Gasteiger partial charge < -0.3 is 0 Å². The summed E-state index contributed by atoms with van der Waals surface area (Å²) < 4.78 is 0. The minimum Gasteiger partial charge on any atom is -0.0776 e. The Morgan fingerprint density at radius 3 is 0.776 bits per heavy atom. The molecule has 6 atom stereocenters. The maximum absolute atomic E-state index is 2.44. The third kappa shape index (κ3) is 55.4. The molecule has 0 aromatic rings. The lowest BCUT2D eigenvalue weighted by molar-refractivity contribution is 0.111. The van der Waals surface area contributed by atoms with E-state index in [1.54, 1.807) is 19.3 Å². The average Bonchev–Trinajstić information content (AvgIpc) is 4.04. The van der Waals surface area contributed by atoms with E-state index < -0.39 is 0 Å². The molecule has 0 aromatic carbocycles. The summed E-state index contributed by atoms with van der Waals surface area (Å²) in [4.78, 5) is 0. The second kappa shape index (κ2) is 51.5. The fraction of sp³-hybridized carbons (Fsp3) is 1.00. The van der Waals surface area contributed by atoms with Crippen molar-refractivity contribution in [3.05, 3.63) is 0 Å². The van der Waals surface area contributed by atoms with Crippen LogP contribution in [0.5, 0.6) is 0 Å². The van der Waals surface area contributed by atoms with Crippen LogP contribution in [-0.4, -0.2) is 0 Å². The van der Waals surface area contributed by atoms with Crippen LogP contribution in [0.15, 0.2) is 0 Å². The fourth-order valence-electron chi connectivity index (χ4n) is 9.93. The van der Waals surface area contributed by atoms with Crippen LogP contribution >= 0.6 is 0 Å². The van der Waals surface area contributed by atoms with Crippen LogP contribution < -0.4 is 0 Å². The molecule has 4 unspecified atom stereocenters. The maximum atomic E-state index is 2.44. The smallest absolute Gasteiger partial charge is 0.0297 e. The van der Waals surface area contributed by atoms with Gasteiger partial charge in [0.15, 0.2) is 0 Å². The molecule has 0 N–H and O–H groups in total. The van der Waals surface area contributed by atoms with Gasteiger partial charge in [-0.25, -0.2) is 0 Å². The van der Waals surface area contributed by atoms with E-state index in [4.69, 9.17) is 0 Å². The number of rotatable bonds is 9. The average molecular weight is 1220 g/mol. The first kappa shape index (κ1) is 116. The standard InChI is InChI=1S/5C8H18.2C7H12.3C7H14.10CH4/c1-7(2,3)8(4,5)6;2*1-6-7(2)8(3,4)5;1-6-8(4,5)7(2)3;1-6(2)8(5)7(3)4;1-7(4-5-7)6-2-3-6;1-5-4-7(5)6-2-3-6;1-6-4-7(2,3)5-6;1-5-4-6(2)7(5)3;1-3-7-4-6(2)5-7;;;;;;;;;;/h1-6H3;3*7H,6H2,1-5H3;6-8H,1-5H3;6H,2-5H2,1H3;5-7H,2-4H2,1H3;6H,4-5H2,1-3H3;5-7H,4H2,1-3H3;6-7H,3-5H2,1-2H3;10*1H4/t;7-;;;;;5-,7?;;;;;;;;;;;;;/m.1....0............./s1. The highest BCUT2D eigenvalue weighted by Gasteiger charge is 2.49. The molecule has 536 valence electrons. The Balaban J connectivity index is -0.0000000608. The van der Waals surface area contributed by atoms with Gasteiger partial charge in [-0.05, 0) is 210 Å². The van der Waals surface area contributed by atoms with Gasteiger partial charge in [-0.2, -0.15) is 0 Å². The summed E-state index contributed by atoms with van der Waals surface area (Å²) in [5.74, 6) is 15.9. The zero-order valence-electron chi connectivity index (χ0n) is 60.1. The molecular weight excluding hydrogens is 1020 g/mol. The van der Waals surface area contributed by atoms with Crippen LogP contribution in [0.3, 0.4) is 0 Å². The van der Waals surface area contributed by atoms with Gasteiger partial charge >= 0.3 is 0 Å². The second-order valence-corrected chi connectivity index (χ2v) is 34.9.